The number of Topliss-reactive ketones (excluding diaryl/α,β-unsaturated/α-hetero) is 1. The van der Waals surface area contributed by atoms with Crippen molar-refractivity contribution in [3.63, 3.8) is 0 Å². The number of nitro groups is 1. The van der Waals surface area contributed by atoms with Gasteiger partial charge in [-0.25, -0.2) is 0 Å². The Labute approximate surface area is 153 Å². The third-order valence-electron chi connectivity index (χ3n) is 4.26. The van der Waals surface area contributed by atoms with E-state index in [9.17, 15) is 24.8 Å². The summed E-state index contributed by atoms with van der Waals surface area (Å²) < 4.78 is 0. The van der Waals surface area contributed by atoms with Crippen LogP contribution in [-0.2, 0) is 9.59 Å². The first kappa shape index (κ1) is 17.8. The summed E-state index contributed by atoms with van der Waals surface area (Å²) in [5.74, 6) is -2.43. The fraction of sp³-hybridized carbons (Fsp3) is 0.105. The number of benzene rings is 2. The van der Waals surface area contributed by atoms with E-state index in [1.165, 1.54) is 24.3 Å². The number of likely N-dealkylation sites (tertiary alicyclic amines) is 1. The topological polar surface area (TPSA) is 125 Å². The number of para-hydroxylation sites is 1. The van der Waals surface area contributed by atoms with Crippen molar-refractivity contribution in [3.05, 3.63) is 81.4 Å². The zero-order valence-corrected chi connectivity index (χ0v) is 13.9. The fourth-order valence-corrected chi connectivity index (χ4v) is 3.08. The maximum absolute atomic E-state index is 12.6. The first-order valence-electron chi connectivity index (χ1n) is 7.91. The highest BCUT2D eigenvalue weighted by molar-refractivity contribution is 6.46. The number of ketones is 1. The lowest BCUT2D eigenvalue weighted by atomic mass is 9.94. The molecule has 1 atom stereocenters. The van der Waals surface area contributed by atoms with Crippen LogP contribution in [0.3, 0.4) is 0 Å². The minimum absolute atomic E-state index is 0.0504. The van der Waals surface area contributed by atoms with E-state index in [4.69, 9.17) is 5.26 Å². The second kappa shape index (κ2) is 7.09. The average molecular weight is 363 g/mol. The van der Waals surface area contributed by atoms with E-state index in [2.05, 4.69) is 0 Å². The lowest BCUT2D eigenvalue weighted by molar-refractivity contribution is -0.385. The number of nitro benzene ring substituents is 1. The van der Waals surface area contributed by atoms with Gasteiger partial charge >= 0.3 is 0 Å². The van der Waals surface area contributed by atoms with Crippen LogP contribution in [-0.4, -0.2) is 33.2 Å². The van der Waals surface area contributed by atoms with Gasteiger partial charge in [-0.05, 0) is 6.07 Å². The second-order valence-electron chi connectivity index (χ2n) is 5.77. The molecule has 0 spiro atoms. The third-order valence-corrected chi connectivity index (χ3v) is 4.26. The molecule has 1 fully saturated rings. The molecule has 1 N–H and O–H groups in total. The van der Waals surface area contributed by atoms with Crippen LogP contribution in [0.5, 0.6) is 0 Å². The average Bonchev–Trinajstić information content (AvgIpc) is 2.93. The van der Waals surface area contributed by atoms with Gasteiger partial charge < -0.3 is 10.0 Å². The smallest absolute Gasteiger partial charge is 0.296 e. The maximum Gasteiger partial charge on any atom is 0.296 e. The molecule has 1 unspecified atom stereocenters. The number of hydrogen-bond acceptors (Lipinski definition) is 6. The van der Waals surface area contributed by atoms with Crippen molar-refractivity contribution in [2.45, 2.75) is 6.04 Å². The van der Waals surface area contributed by atoms with Crippen LogP contribution in [0.25, 0.3) is 5.76 Å². The molecule has 1 heterocycles. The van der Waals surface area contributed by atoms with Crippen LogP contribution >= 0.6 is 0 Å². The monoisotopic (exact) mass is 363 g/mol. The maximum atomic E-state index is 12.6. The quantitative estimate of drug-likeness (QED) is 0.222. The SMILES string of the molecule is N#CCN1C(=O)C(=O)/C(=C(/O)c2ccccc2)C1c1ccccc1[N+](=O)[O-]. The minimum atomic E-state index is -1.23. The molecule has 0 bridgehead atoms. The van der Waals surface area contributed by atoms with Gasteiger partial charge in [0.1, 0.15) is 12.3 Å². The van der Waals surface area contributed by atoms with Crippen molar-refractivity contribution in [1.29, 1.82) is 5.26 Å². The number of aliphatic hydroxyl groups excluding tert-OH is 1. The van der Waals surface area contributed by atoms with Gasteiger partial charge in [0, 0.05) is 11.6 Å². The highest BCUT2D eigenvalue weighted by atomic mass is 16.6. The van der Waals surface area contributed by atoms with Gasteiger partial charge in [0.05, 0.1) is 28.2 Å². The number of rotatable bonds is 4. The van der Waals surface area contributed by atoms with Crippen LogP contribution in [0.1, 0.15) is 17.2 Å². The van der Waals surface area contributed by atoms with E-state index < -0.39 is 35.0 Å². The minimum Gasteiger partial charge on any atom is -0.507 e. The van der Waals surface area contributed by atoms with Crippen LogP contribution in [0.15, 0.2) is 60.2 Å². The molecule has 1 saturated heterocycles. The number of hydrogen-bond donors (Lipinski definition) is 1. The summed E-state index contributed by atoms with van der Waals surface area (Å²) in [5, 5.41) is 31.2. The van der Waals surface area contributed by atoms with Gasteiger partial charge in [0.25, 0.3) is 17.4 Å². The summed E-state index contributed by atoms with van der Waals surface area (Å²) in [6, 6.07) is 14.3. The second-order valence-corrected chi connectivity index (χ2v) is 5.77. The molecule has 0 radical (unpaired) electrons. The predicted molar refractivity (Wildman–Crippen MR) is 94.2 cm³/mol. The molecule has 134 valence electrons. The van der Waals surface area contributed by atoms with Crippen molar-refractivity contribution >= 4 is 23.1 Å². The summed E-state index contributed by atoms with van der Waals surface area (Å²) in [6.45, 7) is -0.452. The molecule has 8 heteroatoms. The number of carbonyl (C=O) groups is 2. The van der Waals surface area contributed by atoms with E-state index >= 15 is 0 Å². The molecule has 2 aromatic rings. The molecule has 1 aliphatic heterocycles. The molecule has 2 aromatic carbocycles. The lowest BCUT2D eigenvalue weighted by Crippen LogP contribution is -2.30. The van der Waals surface area contributed by atoms with Gasteiger partial charge in [0.15, 0.2) is 0 Å². The van der Waals surface area contributed by atoms with Crippen LogP contribution in [0, 0.1) is 21.4 Å². The molecule has 0 aliphatic carbocycles. The first-order chi connectivity index (χ1) is 13.0. The lowest BCUT2D eigenvalue weighted by Gasteiger charge is -2.22. The third kappa shape index (κ3) is 3.02. The summed E-state index contributed by atoms with van der Waals surface area (Å²) in [4.78, 5) is 36.7. The normalized spacial score (nSPS) is 18.3. The first-order valence-corrected chi connectivity index (χ1v) is 7.91. The molecule has 0 aromatic heterocycles. The zero-order chi connectivity index (χ0) is 19.6. The number of carbonyl (C=O) groups excluding carboxylic acids is 2. The molecular weight excluding hydrogens is 350 g/mol. The molecule has 27 heavy (non-hydrogen) atoms. The standard InChI is InChI=1S/C19H13N3O5/c20-10-11-21-16(13-8-4-5-9-14(13)22(26)27)15(18(24)19(21)25)17(23)12-6-2-1-3-7-12/h1-9,16,23H,11H2/b17-15+. The Kier molecular flexibility index (Phi) is 4.68. The summed E-state index contributed by atoms with van der Waals surface area (Å²) in [5.41, 5.74) is -0.257. The van der Waals surface area contributed by atoms with Crippen LogP contribution in [0.4, 0.5) is 5.69 Å². The molecule has 1 aliphatic rings. The summed E-state index contributed by atoms with van der Waals surface area (Å²) in [6.07, 6.45) is 0. The molecule has 8 nitrogen and oxygen atoms in total. The Balaban J connectivity index is 2.29. The summed E-state index contributed by atoms with van der Waals surface area (Å²) in [7, 11) is 0. The molecule has 3 rings (SSSR count). The Morgan fingerprint density at radius 1 is 1.15 bits per heavy atom. The largest absolute Gasteiger partial charge is 0.507 e. The van der Waals surface area contributed by atoms with E-state index in [0.717, 1.165) is 4.90 Å². The Hall–Kier alpha value is -3.99. The number of aliphatic hydroxyl groups is 1. The van der Waals surface area contributed by atoms with Gasteiger partial charge in [-0.15, -0.1) is 0 Å². The Bertz CT molecular complexity index is 1010. The summed E-state index contributed by atoms with van der Waals surface area (Å²) >= 11 is 0. The van der Waals surface area contributed by atoms with Crippen LogP contribution < -0.4 is 0 Å². The van der Waals surface area contributed by atoms with E-state index in [1.54, 1.807) is 36.4 Å². The highest BCUT2D eigenvalue weighted by Crippen LogP contribution is 2.42. The Morgan fingerprint density at radius 2 is 1.78 bits per heavy atom. The van der Waals surface area contributed by atoms with Crippen molar-refractivity contribution in [3.8, 4) is 6.07 Å². The van der Waals surface area contributed by atoms with Gasteiger partial charge in [-0.2, -0.15) is 5.26 Å². The fourth-order valence-electron chi connectivity index (χ4n) is 3.08. The molecule has 1 amide bonds. The highest BCUT2D eigenvalue weighted by Gasteiger charge is 2.48. The van der Waals surface area contributed by atoms with Gasteiger partial charge in [-0.3, -0.25) is 19.7 Å². The predicted octanol–water partition coefficient (Wildman–Crippen LogP) is 2.54. The zero-order valence-electron chi connectivity index (χ0n) is 13.9. The number of amides is 1. The van der Waals surface area contributed by atoms with Crippen molar-refractivity contribution in [1.82, 2.24) is 4.90 Å². The van der Waals surface area contributed by atoms with E-state index in [-0.39, 0.29) is 22.4 Å². The van der Waals surface area contributed by atoms with E-state index in [0.29, 0.717) is 0 Å². The van der Waals surface area contributed by atoms with Crippen molar-refractivity contribution < 1.29 is 19.6 Å². The number of nitrogens with zero attached hydrogens (tertiary/aromatic N) is 3. The number of nitriles is 1. The van der Waals surface area contributed by atoms with Crippen LogP contribution in [0.2, 0.25) is 0 Å². The van der Waals surface area contributed by atoms with E-state index in [1.807, 2.05) is 0 Å². The van der Waals surface area contributed by atoms with Gasteiger partial charge in [-0.1, -0.05) is 42.5 Å². The molecule has 0 saturated carbocycles. The van der Waals surface area contributed by atoms with Crippen molar-refractivity contribution in [2.24, 2.45) is 0 Å². The molecular formula is C19H13N3O5. The Morgan fingerprint density at radius 3 is 2.41 bits per heavy atom. The van der Waals surface area contributed by atoms with Gasteiger partial charge in [0.2, 0.25) is 0 Å². The van der Waals surface area contributed by atoms with Crippen molar-refractivity contribution in [2.75, 3.05) is 6.54 Å².